The highest BCUT2D eigenvalue weighted by Crippen LogP contribution is 2.61. The Bertz CT molecular complexity index is 1790. The summed E-state index contributed by atoms with van der Waals surface area (Å²) in [6, 6.07) is 5.85. The van der Waals surface area contributed by atoms with Crippen LogP contribution in [0.1, 0.15) is 143 Å². The third-order valence-corrected chi connectivity index (χ3v) is 15.5. The van der Waals surface area contributed by atoms with Gasteiger partial charge in [0.1, 0.15) is 35.9 Å². The van der Waals surface area contributed by atoms with Crippen molar-refractivity contribution in [3.8, 4) is 0 Å². The van der Waals surface area contributed by atoms with E-state index in [0.29, 0.717) is 36.2 Å². The highest BCUT2D eigenvalue weighted by atomic mass is 16.8. The summed E-state index contributed by atoms with van der Waals surface area (Å²) in [5.41, 5.74) is 2.36. The van der Waals surface area contributed by atoms with Crippen LogP contribution in [0, 0.1) is 22.7 Å². The number of fused-ring (bicyclic) bond motifs is 6. The fourth-order valence-corrected chi connectivity index (χ4v) is 12.0. The zero-order valence-corrected chi connectivity index (χ0v) is 37.3. The molecule has 0 aromatic heterocycles. The van der Waals surface area contributed by atoms with Crippen molar-refractivity contribution in [3.63, 3.8) is 0 Å². The summed E-state index contributed by atoms with van der Waals surface area (Å²) in [4.78, 5) is 49.4. The molecule has 2 bridgehead atoms. The van der Waals surface area contributed by atoms with Gasteiger partial charge in [-0.15, -0.1) is 0 Å². The number of amides is 2. The van der Waals surface area contributed by atoms with Gasteiger partial charge in [0, 0.05) is 25.8 Å². The van der Waals surface area contributed by atoms with Crippen molar-refractivity contribution in [2.24, 2.45) is 22.7 Å². The lowest BCUT2D eigenvalue weighted by Crippen LogP contribution is -2.71. The largest absolute Gasteiger partial charge is 0.458 e. The number of nitrogens with one attached hydrogen (secondary N) is 2. The van der Waals surface area contributed by atoms with E-state index in [2.05, 4.69) is 75.6 Å². The SMILES string of the molecule is CCCCCC1(CCCCC)OC2C3CC4(C(=O)NC(C(=O)NCCO)C(C)O)C(ON(Cc5ccc(C=C6CCC7OC7(C)CCC7C6CC7(C)C)cc5)C4C(=O)O3)C2O1. The normalized spacial score (nSPS) is 37.1. The van der Waals surface area contributed by atoms with E-state index in [-0.39, 0.29) is 31.7 Å². The van der Waals surface area contributed by atoms with Gasteiger partial charge in [-0.1, -0.05) is 89.3 Å². The molecule has 7 fully saturated rings. The molecule has 338 valence electrons. The van der Waals surface area contributed by atoms with Crippen LogP contribution in [0.3, 0.4) is 0 Å². The van der Waals surface area contributed by atoms with Crippen molar-refractivity contribution in [2.75, 3.05) is 13.2 Å². The molecule has 7 aliphatic rings. The molecule has 8 rings (SSSR count). The van der Waals surface area contributed by atoms with Crippen LogP contribution in [0.5, 0.6) is 0 Å². The number of aliphatic hydroxyl groups excluding tert-OH is 2. The topological polar surface area (TPSA) is 168 Å². The number of unbranched alkanes of at least 4 members (excludes halogenated alkanes) is 4. The maximum absolute atomic E-state index is 15.0. The molecule has 13 heteroatoms. The molecule has 1 aromatic rings. The summed E-state index contributed by atoms with van der Waals surface area (Å²) in [5, 5.41) is 27.0. The van der Waals surface area contributed by atoms with Crippen LogP contribution >= 0.6 is 0 Å². The lowest BCUT2D eigenvalue weighted by atomic mass is 9.52. The van der Waals surface area contributed by atoms with E-state index in [1.165, 1.54) is 25.3 Å². The van der Waals surface area contributed by atoms with E-state index in [4.69, 9.17) is 23.8 Å². The highest BCUT2D eigenvalue weighted by molar-refractivity contribution is 5.96. The number of aliphatic hydroxyl groups is 2. The number of nitrogens with zero attached hydrogens (tertiary/aromatic N) is 1. The summed E-state index contributed by atoms with van der Waals surface area (Å²) < 4.78 is 26.3. The average molecular weight is 850 g/mol. The monoisotopic (exact) mass is 850 g/mol. The Morgan fingerprint density at radius 3 is 2.33 bits per heavy atom. The summed E-state index contributed by atoms with van der Waals surface area (Å²) in [7, 11) is 0. The zero-order chi connectivity index (χ0) is 43.3. The van der Waals surface area contributed by atoms with Crippen LogP contribution in [-0.4, -0.2) is 106 Å². The van der Waals surface area contributed by atoms with Crippen LogP contribution in [0.4, 0.5) is 0 Å². The van der Waals surface area contributed by atoms with Gasteiger partial charge in [-0.05, 0) is 87.2 Å². The molecule has 0 radical (unpaired) electrons. The van der Waals surface area contributed by atoms with Crippen molar-refractivity contribution >= 4 is 23.9 Å². The molecule has 61 heavy (non-hydrogen) atoms. The number of carbonyl (C=O) groups is 3. The number of hydrogen-bond acceptors (Lipinski definition) is 11. The minimum Gasteiger partial charge on any atom is -0.458 e. The molecule has 4 aliphatic heterocycles. The summed E-state index contributed by atoms with van der Waals surface area (Å²) >= 11 is 0. The quantitative estimate of drug-likeness (QED) is 0.0840. The van der Waals surface area contributed by atoms with Crippen LogP contribution in [0.15, 0.2) is 29.8 Å². The predicted octanol–water partition coefficient (Wildman–Crippen LogP) is 5.88. The fourth-order valence-electron chi connectivity index (χ4n) is 12.0. The van der Waals surface area contributed by atoms with E-state index in [9.17, 15) is 24.6 Å². The van der Waals surface area contributed by atoms with Gasteiger partial charge in [0.25, 0.3) is 0 Å². The maximum atomic E-state index is 15.0. The minimum atomic E-state index is -1.52. The molecule has 4 saturated heterocycles. The molecule has 13 nitrogen and oxygen atoms in total. The Morgan fingerprint density at radius 1 is 0.967 bits per heavy atom. The number of esters is 1. The highest BCUT2D eigenvalue weighted by Gasteiger charge is 2.76. The lowest BCUT2D eigenvalue weighted by Gasteiger charge is -2.53. The van der Waals surface area contributed by atoms with Gasteiger partial charge < -0.3 is 39.8 Å². The van der Waals surface area contributed by atoms with Crippen molar-refractivity contribution in [2.45, 2.75) is 198 Å². The van der Waals surface area contributed by atoms with Crippen LogP contribution in [0.2, 0.25) is 0 Å². The molecule has 0 spiro atoms. The number of rotatable bonds is 17. The van der Waals surface area contributed by atoms with Gasteiger partial charge in [0.05, 0.1) is 31.0 Å². The first kappa shape index (κ1) is 44.7. The summed E-state index contributed by atoms with van der Waals surface area (Å²) in [5.74, 6) is -1.53. The number of hydrogen-bond donors (Lipinski definition) is 4. The van der Waals surface area contributed by atoms with Crippen molar-refractivity contribution in [1.82, 2.24) is 15.7 Å². The Hall–Kier alpha value is -2.91. The number of carbonyl (C=O) groups excluding carboxylic acids is 3. The van der Waals surface area contributed by atoms with E-state index in [1.54, 1.807) is 5.06 Å². The van der Waals surface area contributed by atoms with Gasteiger partial charge in [-0.25, -0.2) is 0 Å². The standard InChI is InChI=1S/C48H71N3O10/c1-7-9-11-20-47(21-12-10-8-2)59-38-35-27-48(44(56)50-37(29(3)53)42(54)49-23-24-52)40(43(55)57-35)51(61-41(48)39(38)60-47)28-31-15-13-30(14-16-31)25-32-17-18-36-46(6,58-36)22-19-34-33(32)26-45(34,4)5/h13-16,25,29,33-41,52-53H,7-12,17-24,26-28H2,1-6H3,(H,49,54)(H,50,56). The minimum absolute atomic E-state index is 0.0332. The first-order valence-corrected chi connectivity index (χ1v) is 23.5. The molecule has 4 N–H and O–H groups in total. The first-order chi connectivity index (χ1) is 29.2. The average Bonchev–Trinajstić information content (AvgIpc) is 3.50. The van der Waals surface area contributed by atoms with Gasteiger partial charge in [0.2, 0.25) is 11.8 Å². The van der Waals surface area contributed by atoms with E-state index in [0.717, 1.165) is 68.9 Å². The lowest BCUT2D eigenvalue weighted by molar-refractivity contribution is -0.224. The van der Waals surface area contributed by atoms with Gasteiger partial charge in [-0.3, -0.25) is 19.2 Å². The molecule has 12 atom stereocenters. The molecule has 1 aromatic carbocycles. The smallest absolute Gasteiger partial charge is 0.327 e. The predicted molar refractivity (Wildman–Crippen MR) is 227 cm³/mol. The zero-order valence-electron chi connectivity index (χ0n) is 37.3. The number of epoxide rings is 1. The Morgan fingerprint density at radius 2 is 1.67 bits per heavy atom. The van der Waals surface area contributed by atoms with Gasteiger partial charge in [-0.2, -0.15) is 5.06 Å². The van der Waals surface area contributed by atoms with Gasteiger partial charge in [0.15, 0.2) is 11.8 Å². The van der Waals surface area contributed by atoms with Crippen molar-refractivity contribution in [3.05, 3.63) is 41.0 Å². The second kappa shape index (κ2) is 17.6. The second-order valence-electron chi connectivity index (χ2n) is 20.3. The van der Waals surface area contributed by atoms with E-state index >= 15 is 0 Å². The van der Waals surface area contributed by atoms with Crippen molar-refractivity contribution < 1.29 is 48.4 Å². The van der Waals surface area contributed by atoms with Crippen LogP contribution in [0.25, 0.3) is 6.08 Å². The molecular weight excluding hydrogens is 779 g/mol. The number of ether oxygens (including phenoxy) is 4. The molecule has 3 aliphatic carbocycles. The number of hydroxylamine groups is 2. The third kappa shape index (κ3) is 8.46. The second-order valence-corrected chi connectivity index (χ2v) is 20.3. The molecular formula is C48H71N3O10. The van der Waals surface area contributed by atoms with Crippen LogP contribution < -0.4 is 10.6 Å². The van der Waals surface area contributed by atoms with Crippen molar-refractivity contribution in [1.29, 1.82) is 0 Å². The first-order valence-electron chi connectivity index (χ1n) is 23.5. The Kier molecular flexibility index (Phi) is 12.9. The number of benzene rings is 1. The maximum Gasteiger partial charge on any atom is 0.327 e. The Labute approximate surface area is 361 Å². The molecule has 3 saturated carbocycles. The molecule has 4 heterocycles. The molecule has 2 amide bonds. The fraction of sp³-hybridized carbons (Fsp3) is 0.771. The summed E-state index contributed by atoms with van der Waals surface area (Å²) in [6.45, 7) is 12.7. The Balaban J connectivity index is 1.08. The number of allylic oxidation sites excluding steroid dienone is 1. The van der Waals surface area contributed by atoms with E-state index in [1.807, 2.05) is 0 Å². The summed E-state index contributed by atoms with van der Waals surface area (Å²) in [6.07, 6.45) is 11.3. The molecule has 12 unspecified atom stereocenters. The van der Waals surface area contributed by atoms with E-state index < -0.39 is 71.6 Å². The van der Waals surface area contributed by atoms with Crippen LogP contribution in [-0.2, 0) is 44.7 Å². The van der Waals surface area contributed by atoms with Gasteiger partial charge >= 0.3 is 5.97 Å². The third-order valence-electron chi connectivity index (χ3n) is 15.5.